The van der Waals surface area contributed by atoms with Crippen LogP contribution in [0.4, 0.5) is 4.79 Å². The smallest absolute Gasteiger partial charge is 0.408 e. The lowest BCUT2D eigenvalue weighted by Crippen LogP contribution is -2.46. The number of ether oxygens (including phenoxy) is 3. The summed E-state index contributed by atoms with van der Waals surface area (Å²) in [5, 5.41) is 2.83. The molecule has 0 saturated heterocycles. The molecular weight excluding hydrogens is 462 g/mol. The molecule has 0 aliphatic heterocycles. The third-order valence-electron chi connectivity index (χ3n) is 5.31. The monoisotopic (exact) mass is 487 g/mol. The number of hydrogen-bond donors (Lipinski definition) is 1. The van der Waals surface area contributed by atoms with E-state index < -0.39 is 18.1 Å². The summed E-state index contributed by atoms with van der Waals surface area (Å²) in [6, 6.07) is 21.5. The lowest BCUT2D eigenvalue weighted by Gasteiger charge is -2.20. The summed E-state index contributed by atoms with van der Waals surface area (Å²) in [5.41, 5.74) is 0.689. The molecule has 1 N–H and O–H groups in total. The molecule has 0 saturated carbocycles. The summed E-state index contributed by atoms with van der Waals surface area (Å²) in [6.45, 7) is 3.63. The maximum absolute atomic E-state index is 12.8. The summed E-state index contributed by atoms with van der Waals surface area (Å²) < 4.78 is 21.9. The number of rotatable bonds is 8. The van der Waals surface area contributed by atoms with Crippen molar-refractivity contribution >= 4 is 23.0 Å². The van der Waals surface area contributed by atoms with E-state index >= 15 is 0 Å². The predicted octanol–water partition coefficient (Wildman–Crippen LogP) is 5.44. The van der Waals surface area contributed by atoms with Crippen LogP contribution in [-0.2, 0) is 16.1 Å². The van der Waals surface area contributed by atoms with Gasteiger partial charge in [-0.15, -0.1) is 0 Å². The van der Waals surface area contributed by atoms with Gasteiger partial charge in [0.15, 0.2) is 0 Å². The van der Waals surface area contributed by atoms with Crippen LogP contribution < -0.4 is 20.2 Å². The van der Waals surface area contributed by atoms with E-state index in [0.717, 1.165) is 5.56 Å². The third kappa shape index (κ3) is 6.09. The van der Waals surface area contributed by atoms with E-state index in [1.807, 2.05) is 36.4 Å². The predicted molar refractivity (Wildman–Crippen MR) is 133 cm³/mol. The number of carbonyl (C=O) groups excluding carboxylic acids is 2. The van der Waals surface area contributed by atoms with Gasteiger partial charge in [0, 0.05) is 6.07 Å². The van der Waals surface area contributed by atoms with Crippen LogP contribution in [0.1, 0.15) is 19.4 Å². The van der Waals surface area contributed by atoms with Gasteiger partial charge in [0.2, 0.25) is 11.2 Å². The van der Waals surface area contributed by atoms with E-state index in [4.69, 9.17) is 18.6 Å². The van der Waals surface area contributed by atoms with Gasteiger partial charge in [-0.05, 0) is 35.7 Å². The highest BCUT2D eigenvalue weighted by molar-refractivity contribution is 5.85. The minimum atomic E-state index is -0.947. The molecule has 0 bridgehead atoms. The molecule has 8 heteroatoms. The molecule has 1 heterocycles. The Kier molecular flexibility index (Phi) is 7.65. The molecule has 3 aromatic carbocycles. The maximum Gasteiger partial charge on any atom is 0.408 e. The number of hydrogen-bond acceptors (Lipinski definition) is 7. The van der Waals surface area contributed by atoms with Crippen molar-refractivity contribution in [1.29, 1.82) is 0 Å². The molecule has 1 atom stereocenters. The van der Waals surface area contributed by atoms with Crippen LogP contribution in [0.3, 0.4) is 0 Å². The Labute approximate surface area is 207 Å². The zero-order valence-corrected chi connectivity index (χ0v) is 19.8. The summed E-state index contributed by atoms with van der Waals surface area (Å²) in [6.07, 6.45) is 0.481. The first-order chi connectivity index (χ1) is 17.4. The van der Waals surface area contributed by atoms with Crippen molar-refractivity contribution in [3.05, 3.63) is 101 Å². The Morgan fingerprint density at radius 1 is 0.917 bits per heavy atom. The van der Waals surface area contributed by atoms with Gasteiger partial charge in [0.25, 0.3) is 0 Å². The van der Waals surface area contributed by atoms with Crippen LogP contribution in [0, 0.1) is 5.92 Å². The number of nitrogens with one attached hydrogen (secondary N) is 1. The minimum absolute atomic E-state index is 0.0385. The van der Waals surface area contributed by atoms with E-state index in [1.165, 1.54) is 24.5 Å². The molecule has 8 nitrogen and oxygen atoms in total. The van der Waals surface area contributed by atoms with Crippen LogP contribution in [0.5, 0.6) is 17.2 Å². The van der Waals surface area contributed by atoms with Crippen LogP contribution >= 0.6 is 0 Å². The summed E-state index contributed by atoms with van der Waals surface area (Å²) in [7, 11) is 0. The lowest BCUT2D eigenvalue weighted by atomic mass is 10.1. The van der Waals surface area contributed by atoms with Crippen molar-refractivity contribution in [2.24, 2.45) is 5.92 Å². The molecule has 36 heavy (non-hydrogen) atoms. The van der Waals surface area contributed by atoms with Crippen molar-refractivity contribution in [2.75, 3.05) is 0 Å². The van der Waals surface area contributed by atoms with Crippen molar-refractivity contribution in [2.45, 2.75) is 26.5 Å². The number of carbonyl (C=O) groups is 2. The summed E-state index contributed by atoms with van der Waals surface area (Å²) in [5.74, 6) is -0.233. The summed E-state index contributed by atoms with van der Waals surface area (Å²) in [4.78, 5) is 37.9. The standard InChI is InChI=1S/C28H25NO7/c1-18(2)25(29-28(32)34-16-19-9-5-3-6-10-19)27(31)36-21-13-14-22-23(15-21)33-17-24(26(22)30)35-20-11-7-4-8-12-20/h3-15,17-18,25H,16H2,1-2H3,(H,29,32)/t25-/m0/s1. The number of para-hydroxylation sites is 1. The zero-order valence-electron chi connectivity index (χ0n) is 19.8. The highest BCUT2D eigenvalue weighted by atomic mass is 16.6. The van der Waals surface area contributed by atoms with Gasteiger partial charge < -0.3 is 23.9 Å². The fraction of sp³-hybridized carbons (Fsp3) is 0.179. The number of amides is 1. The Morgan fingerprint density at radius 2 is 1.61 bits per heavy atom. The molecule has 1 amide bonds. The minimum Gasteiger partial charge on any atom is -0.460 e. The van der Waals surface area contributed by atoms with Gasteiger partial charge in [-0.2, -0.15) is 0 Å². The molecule has 0 radical (unpaired) electrons. The van der Waals surface area contributed by atoms with E-state index in [1.54, 1.807) is 38.1 Å². The first-order valence-corrected chi connectivity index (χ1v) is 11.4. The Bertz CT molecular complexity index is 1400. The molecule has 1 aromatic heterocycles. The average molecular weight is 488 g/mol. The van der Waals surface area contributed by atoms with E-state index in [-0.39, 0.29) is 40.4 Å². The number of alkyl carbamates (subject to hydrolysis) is 1. The second-order valence-corrected chi connectivity index (χ2v) is 8.35. The largest absolute Gasteiger partial charge is 0.460 e. The number of esters is 1. The molecule has 0 spiro atoms. The fourth-order valence-electron chi connectivity index (χ4n) is 3.41. The molecule has 4 rings (SSSR count). The molecule has 0 aliphatic rings. The normalized spacial score (nSPS) is 11.6. The Hall–Kier alpha value is -4.59. The molecule has 0 unspecified atom stereocenters. The van der Waals surface area contributed by atoms with Gasteiger partial charge in [-0.3, -0.25) is 4.79 Å². The van der Waals surface area contributed by atoms with Gasteiger partial charge in [-0.25, -0.2) is 9.59 Å². The third-order valence-corrected chi connectivity index (χ3v) is 5.31. The topological polar surface area (TPSA) is 104 Å². The zero-order chi connectivity index (χ0) is 25.5. The quantitative estimate of drug-likeness (QED) is 0.261. The van der Waals surface area contributed by atoms with E-state index in [0.29, 0.717) is 5.75 Å². The second kappa shape index (κ2) is 11.2. The SMILES string of the molecule is CC(C)[C@H](NC(=O)OCc1ccccc1)C(=O)Oc1ccc2c(=O)c(Oc3ccccc3)coc2c1. The first-order valence-electron chi connectivity index (χ1n) is 11.4. The fourth-order valence-corrected chi connectivity index (χ4v) is 3.41. The molecular formula is C28H25NO7. The first kappa shape index (κ1) is 24.5. The van der Waals surface area contributed by atoms with Crippen LogP contribution in [-0.4, -0.2) is 18.1 Å². The molecule has 184 valence electrons. The van der Waals surface area contributed by atoms with Crippen molar-refractivity contribution < 1.29 is 28.2 Å². The number of benzene rings is 3. The van der Waals surface area contributed by atoms with Crippen molar-refractivity contribution in [3.63, 3.8) is 0 Å². The van der Waals surface area contributed by atoms with Gasteiger partial charge in [0.1, 0.15) is 36.0 Å². The molecule has 0 aliphatic carbocycles. The Balaban J connectivity index is 1.43. The van der Waals surface area contributed by atoms with Crippen molar-refractivity contribution in [1.82, 2.24) is 5.32 Å². The van der Waals surface area contributed by atoms with E-state index in [2.05, 4.69) is 5.32 Å². The number of fused-ring (bicyclic) bond motifs is 1. The van der Waals surface area contributed by atoms with Gasteiger partial charge in [-0.1, -0.05) is 62.4 Å². The molecule has 0 fully saturated rings. The average Bonchev–Trinajstić information content (AvgIpc) is 2.88. The second-order valence-electron chi connectivity index (χ2n) is 8.35. The van der Waals surface area contributed by atoms with Crippen LogP contribution in [0.15, 0.2) is 94.3 Å². The lowest BCUT2D eigenvalue weighted by molar-refractivity contribution is -0.137. The van der Waals surface area contributed by atoms with Crippen molar-refractivity contribution in [3.8, 4) is 17.2 Å². The summed E-state index contributed by atoms with van der Waals surface area (Å²) >= 11 is 0. The molecule has 4 aromatic rings. The Morgan fingerprint density at radius 3 is 2.31 bits per heavy atom. The maximum atomic E-state index is 12.8. The van der Waals surface area contributed by atoms with Crippen LogP contribution in [0.2, 0.25) is 0 Å². The van der Waals surface area contributed by atoms with Gasteiger partial charge in [0.05, 0.1) is 5.39 Å². The van der Waals surface area contributed by atoms with Crippen LogP contribution in [0.25, 0.3) is 11.0 Å². The van der Waals surface area contributed by atoms with E-state index in [9.17, 15) is 14.4 Å². The van der Waals surface area contributed by atoms with Gasteiger partial charge >= 0.3 is 12.1 Å². The highest BCUT2D eigenvalue weighted by Gasteiger charge is 2.27. The highest BCUT2D eigenvalue weighted by Crippen LogP contribution is 2.24.